The molecule has 1 unspecified atom stereocenters. The molecule has 114 valence electrons. The minimum absolute atomic E-state index is 0.0110. The molecule has 6 heteroatoms. The summed E-state index contributed by atoms with van der Waals surface area (Å²) >= 11 is 0. The first-order valence-electron chi connectivity index (χ1n) is 7.63. The second-order valence-electron chi connectivity index (χ2n) is 5.35. The summed E-state index contributed by atoms with van der Waals surface area (Å²) < 4.78 is 5.01. The standard InChI is InChI=1S/C14H25N3O3/c1-3-15-12-7-10-17(13(12)18)11-5-8-16(9-6-11)14(19)20-4-2/h11-12,15H,3-10H2,1-2H3. The van der Waals surface area contributed by atoms with Crippen LogP contribution in [0.25, 0.3) is 0 Å². The Morgan fingerprint density at radius 3 is 2.55 bits per heavy atom. The lowest BCUT2D eigenvalue weighted by molar-refractivity contribution is -0.132. The average molecular weight is 283 g/mol. The summed E-state index contributed by atoms with van der Waals surface area (Å²) in [5.41, 5.74) is 0. The van der Waals surface area contributed by atoms with Crippen LogP contribution < -0.4 is 5.32 Å². The van der Waals surface area contributed by atoms with Crippen LogP contribution in [-0.2, 0) is 9.53 Å². The van der Waals surface area contributed by atoms with Crippen molar-refractivity contribution in [1.29, 1.82) is 0 Å². The Labute approximate surface area is 120 Å². The number of nitrogens with one attached hydrogen (secondary N) is 1. The first-order chi connectivity index (χ1) is 9.67. The van der Waals surface area contributed by atoms with E-state index in [1.54, 1.807) is 4.90 Å². The number of carbonyl (C=O) groups excluding carboxylic acids is 2. The Balaban J connectivity index is 1.82. The summed E-state index contributed by atoms with van der Waals surface area (Å²) in [5.74, 6) is 0.224. The Kier molecular flexibility index (Phi) is 5.23. The SMILES string of the molecule is CCNC1CCN(C2CCN(C(=O)OCC)CC2)C1=O. The predicted octanol–water partition coefficient (Wildman–Crippen LogP) is 0.818. The van der Waals surface area contributed by atoms with Crippen LogP contribution in [0.5, 0.6) is 0 Å². The number of likely N-dealkylation sites (tertiary alicyclic amines) is 2. The number of hydrogen-bond donors (Lipinski definition) is 1. The number of piperidine rings is 1. The maximum Gasteiger partial charge on any atom is 0.409 e. The van der Waals surface area contributed by atoms with Crippen LogP contribution in [0.4, 0.5) is 4.79 Å². The summed E-state index contributed by atoms with van der Waals surface area (Å²) in [6.07, 6.45) is 2.36. The van der Waals surface area contributed by atoms with Crippen molar-refractivity contribution in [2.24, 2.45) is 0 Å². The molecule has 2 saturated heterocycles. The molecule has 0 spiro atoms. The van der Waals surface area contributed by atoms with Crippen LogP contribution in [0.3, 0.4) is 0 Å². The monoisotopic (exact) mass is 283 g/mol. The van der Waals surface area contributed by atoms with Gasteiger partial charge in [0.05, 0.1) is 12.6 Å². The van der Waals surface area contributed by atoms with Crippen LogP contribution in [-0.4, -0.2) is 66.7 Å². The zero-order valence-electron chi connectivity index (χ0n) is 12.4. The van der Waals surface area contributed by atoms with Gasteiger partial charge in [0.15, 0.2) is 0 Å². The normalized spacial score (nSPS) is 24.3. The molecule has 6 nitrogen and oxygen atoms in total. The van der Waals surface area contributed by atoms with E-state index in [4.69, 9.17) is 4.74 Å². The minimum atomic E-state index is -0.232. The number of hydrogen-bond acceptors (Lipinski definition) is 4. The predicted molar refractivity (Wildman–Crippen MR) is 75.4 cm³/mol. The summed E-state index contributed by atoms with van der Waals surface area (Å²) in [6, 6.07) is 0.264. The van der Waals surface area contributed by atoms with Gasteiger partial charge in [-0.05, 0) is 32.7 Å². The van der Waals surface area contributed by atoms with Gasteiger partial charge in [-0.15, -0.1) is 0 Å². The van der Waals surface area contributed by atoms with Gasteiger partial charge in [-0.1, -0.05) is 6.92 Å². The Morgan fingerprint density at radius 2 is 1.95 bits per heavy atom. The smallest absolute Gasteiger partial charge is 0.409 e. The van der Waals surface area contributed by atoms with E-state index in [2.05, 4.69) is 5.32 Å². The van der Waals surface area contributed by atoms with Gasteiger partial charge in [0, 0.05) is 25.7 Å². The molecule has 1 atom stereocenters. The Hall–Kier alpha value is -1.30. The first kappa shape index (κ1) is 15.1. The Bertz CT molecular complexity index is 354. The lowest BCUT2D eigenvalue weighted by atomic mass is 10.0. The molecule has 0 bridgehead atoms. The third-order valence-electron chi connectivity index (χ3n) is 4.12. The van der Waals surface area contributed by atoms with Gasteiger partial charge in [-0.2, -0.15) is 0 Å². The van der Waals surface area contributed by atoms with Gasteiger partial charge in [0.25, 0.3) is 0 Å². The molecular formula is C14H25N3O3. The number of nitrogens with zero attached hydrogens (tertiary/aromatic N) is 2. The third-order valence-corrected chi connectivity index (χ3v) is 4.12. The van der Waals surface area contributed by atoms with Crippen molar-refractivity contribution in [1.82, 2.24) is 15.1 Å². The van der Waals surface area contributed by atoms with E-state index in [1.165, 1.54) is 0 Å². The number of rotatable bonds is 4. The highest BCUT2D eigenvalue weighted by Crippen LogP contribution is 2.22. The number of ether oxygens (including phenoxy) is 1. The van der Waals surface area contributed by atoms with Gasteiger partial charge >= 0.3 is 6.09 Å². The molecule has 0 aromatic carbocycles. The van der Waals surface area contributed by atoms with Crippen LogP contribution in [0.1, 0.15) is 33.1 Å². The molecule has 0 aromatic rings. The molecule has 2 aliphatic heterocycles. The number of amides is 2. The largest absolute Gasteiger partial charge is 0.450 e. The van der Waals surface area contributed by atoms with Crippen molar-refractivity contribution in [2.45, 2.75) is 45.2 Å². The number of likely N-dealkylation sites (N-methyl/N-ethyl adjacent to an activating group) is 1. The second-order valence-corrected chi connectivity index (χ2v) is 5.35. The van der Waals surface area contributed by atoms with Crippen LogP contribution >= 0.6 is 0 Å². The molecule has 0 radical (unpaired) electrons. The van der Waals surface area contributed by atoms with E-state index >= 15 is 0 Å². The highest BCUT2D eigenvalue weighted by Gasteiger charge is 2.37. The van der Waals surface area contributed by atoms with Crippen molar-refractivity contribution in [3.05, 3.63) is 0 Å². The fourth-order valence-electron chi connectivity index (χ4n) is 3.08. The molecule has 1 N–H and O–H groups in total. The zero-order chi connectivity index (χ0) is 14.5. The number of carbonyl (C=O) groups is 2. The molecule has 2 aliphatic rings. The van der Waals surface area contributed by atoms with Crippen LogP contribution in [0.15, 0.2) is 0 Å². The highest BCUT2D eigenvalue weighted by atomic mass is 16.6. The van der Waals surface area contributed by atoms with Crippen molar-refractivity contribution in [3.63, 3.8) is 0 Å². The highest BCUT2D eigenvalue weighted by molar-refractivity contribution is 5.84. The quantitative estimate of drug-likeness (QED) is 0.829. The van der Waals surface area contributed by atoms with E-state index in [9.17, 15) is 9.59 Å². The molecule has 2 rings (SSSR count). The third kappa shape index (κ3) is 3.23. The minimum Gasteiger partial charge on any atom is -0.450 e. The fraction of sp³-hybridized carbons (Fsp3) is 0.857. The summed E-state index contributed by atoms with van der Waals surface area (Å²) in [5, 5.41) is 3.23. The fourth-order valence-corrected chi connectivity index (χ4v) is 3.08. The molecule has 2 heterocycles. The van der Waals surface area contributed by atoms with E-state index in [1.807, 2.05) is 18.7 Å². The maximum absolute atomic E-state index is 12.3. The van der Waals surface area contributed by atoms with Crippen molar-refractivity contribution >= 4 is 12.0 Å². The lowest BCUT2D eigenvalue weighted by Crippen LogP contribution is -2.49. The van der Waals surface area contributed by atoms with Gasteiger partial charge in [0.2, 0.25) is 5.91 Å². The van der Waals surface area contributed by atoms with Crippen LogP contribution in [0.2, 0.25) is 0 Å². The van der Waals surface area contributed by atoms with E-state index in [-0.39, 0.29) is 24.1 Å². The molecule has 2 amide bonds. The molecule has 2 fully saturated rings. The van der Waals surface area contributed by atoms with Gasteiger partial charge < -0.3 is 19.9 Å². The average Bonchev–Trinajstić information content (AvgIpc) is 2.81. The van der Waals surface area contributed by atoms with Gasteiger partial charge in [0.1, 0.15) is 0 Å². The topological polar surface area (TPSA) is 61.9 Å². The van der Waals surface area contributed by atoms with Crippen molar-refractivity contribution in [3.8, 4) is 0 Å². The molecule has 20 heavy (non-hydrogen) atoms. The Morgan fingerprint density at radius 1 is 1.25 bits per heavy atom. The van der Waals surface area contributed by atoms with E-state index < -0.39 is 0 Å². The second kappa shape index (κ2) is 6.92. The van der Waals surface area contributed by atoms with E-state index in [0.29, 0.717) is 19.7 Å². The van der Waals surface area contributed by atoms with Gasteiger partial charge in [-0.25, -0.2) is 4.79 Å². The lowest BCUT2D eigenvalue weighted by Gasteiger charge is -2.36. The molecule has 0 aromatic heterocycles. The maximum atomic E-state index is 12.3. The van der Waals surface area contributed by atoms with E-state index in [0.717, 1.165) is 32.4 Å². The van der Waals surface area contributed by atoms with Crippen LogP contribution in [0, 0.1) is 0 Å². The molecular weight excluding hydrogens is 258 g/mol. The summed E-state index contributed by atoms with van der Waals surface area (Å²) in [6.45, 7) is 7.26. The molecule has 0 aliphatic carbocycles. The summed E-state index contributed by atoms with van der Waals surface area (Å²) in [4.78, 5) is 27.6. The van der Waals surface area contributed by atoms with Gasteiger partial charge in [-0.3, -0.25) is 4.79 Å². The molecule has 0 saturated carbocycles. The zero-order valence-corrected chi connectivity index (χ0v) is 12.4. The first-order valence-corrected chi connectivity index (χ1v) is 7.63. The van der Waals surface area contributed by atoms with Crippen molar-refractivity contribution in [2.75, 3.05) is 32.8 Å². The summed E-state index contributed by atoms with van der Waals surface area (Å²) in [7, 11) is 0. The van der Waals surface area contributed by atoms with Crippen molar-refractivity contribution < 1.29 is 14.3 Å².